The molecule has 3 unspecified atom stereocenters. The van der Waals surface area contributed by atoms with Crippen LogP contribution in [0, 0.1) is 11.8 Å². The third kappa shape index (κ3) is 2.04. The van der Waals surface area contributed by atoms with Crippen LogP contribution in [0.4, 0.5) is 0 Å². The quantitative estimate of drug-likeness (QED) is 0.807. The number of nitrogens with zero attached hydrogens (tertiary/aromatic N) is 3. The smallest absolute Gasteiger partial charge is 0.158 e. The molecule has 4 nitrogen and oxygen atoms in total. The summed E-state index contributed by atoms with van der Waals surface area (Å²) < 4.78 is 2.05. The minimum absolute atomic E-state index is 0.0151. The molecule has 1 N–H and O–H groups in total. The largest absolute Gasteiger partial charge is 0.388 e. The SMILES string of the molecule is CC1CCC(n2cnnc2CO)C(C)C1. The fourth-order valence-electron chi connectivity index (χ4n) is 2.72. The van der Waals surface area contributed by atoms with Gasteiger partial charge in [-0.25, -0.2) is 0 Å². The van der Waals surface area contributed by atoms with Crippen LogP contribution in [0.1, 0.15) is 45.0 Å². The number of hydrogen-bond acceptors (Lipinski definition) is 3. The maximum absolute atomic E-state index is 9.15. The summed E-state index contributed by atoms with van der Waals surface area (Å²) in [5.41, 5.74) is 0. The zero-order valence-electron chi connectivity index (χ0n) is 9.43. The Hall–Kier alpha value is -0.900. The van der Waals surface area contributed by atoms with Gasteiger partial charge in [-0.2, -0.15) is 0 Å². The molecule has 1 aromatic rings. The molecule has 15 heavy (non-hydrogen) atoms. The van der Waals surface area contributed by atoms with E-state index < -0.39 is 0 Å². The molecule has 2 rings (SSSR count). The molecule has 1 heterocycles. The summed E-state index contributed by atoms with van der Waals surface area (Å²) in [5.74, 6) is 2.17. The van der Waals surface area contributed by atoms with Gasteiger partial charge in [0.25, 0.3) is 0 Å². The van der Waals surface area contributed by atoms with Gasteiger partial charge >= 0.3 is 0 Å². The van der Waals surface area contributed by atoms with Crippen LogP contribution in [0.3, 0.4) is 0 Å². The molecule has 1 saturated carbocycles. The van der Waals surface area contributed by atoms with Crippen LogP contribution in [-0.2, 0) is 6.61 Å². The average Bonchev–Trinajstić information content (AvgIpc) is 2.65. The van der Waals surface area contributed by atoms with Crippen LogP contribution in [0.25, 0.3) is 0 Å². The normalized spacial score (nSPS) is 31.8. The van der Waals surface area contributed by atoms with E-state index in [4.69, 9.17) is 5.11 Å². The topological polar surface area (TPSA) is 50.9 Å². The van der Waals surface area contributed by atoms with Crippen molar-refractivity contribution in [1.82, 2.24) is 14.8 Å². The fourth-order valence-corrected chi connectivity index (χ4v) is 2.72. The van der Waals surface area contributed by atoms with Crippen LogP contribution in [0.15, 0.2) is 6.33 Å². The van der Waals surface area contributed by atoms with Crippen molar-refractivity contribution in [2.75, 3.05) is 0 Å². The number of aromatic nitrogens is 3. The lowest BCUT2D eigenvalue weighted by atomic mass is 9.80. The zero-order chi connectivity index (χ0) is 10.8. The van der Waals surface area contributed by atoms with Crippen molar-refractivity contribution in [3.8, 4) is 0 Å². The highest BCUT2D eigenvalue weighted by Gasteiger charge is 2.27. The first-order valence-electron chi connectivity index (χ1n) is 5.71. The summed E-state index contributed by atoms with van der Waals surface area (Å²) in [6.45, 7) is 4.58. The number of aliphatic hydroxyl groups excluding tert-OH is 1. The van der Waals surface area contributed by atoms with E-state index in [9.17, 15) is 0 Å². The molecule has 3 atom stereocenters. The lowest BCUT2D eigenvalue weighted by molar-refractivity contribution is 0.191. The van der Waals surface area contributed by atoms with E-state index in [2.05, 4.69) is 28.6 Å². The van der Waals surface area contributed by atoms with E-state index in [0.717, 1.165) is 5.92 Å². The summed E-state index contributed by atoms with van der Waals surface area (Å²) in [6.07, 6.45) is 5.45. The van der Waals surface area contributed by atoms with Crippen LogP contribution < -0.4 is 0 Å². The first kappa shape index (κ1) is 10.6. The van der Waals surface area contributed by atoms with Gasteiger partial charge in [0.2, 0.25) is 0 Å². The highest BCUT2D eigenvalue weighted by molar-refractivity contribution is 4.91. The fraction of sp³-hybridized carbons (Fsp3) is 0.818. The molecule has 1 aliphatic carbocycles. The monoisotopic (exact) mass is 209 g/mol. The van der Waals surface area contributed by atoms with E-state index in [1.54, 1.807) is 6.33 Å². The molecule has 4 heteroatoms. The average molecular weight is 209 g/mol. The Morgan fingerprint density at radius 3 is 2.93 bits per heavy atom. The highest BCUT2D eigenvalue weighted by Crippen LogP contribution is 2.36. The van der Waals surface area contributed by atoms with Crippen molar-refractivity contribution >= 4 is 0 Å². The van der Waals surface area contributed by atoms with Gasteiger partial charge in [0, 0.05) is 6.04 Å². The van der Waals surface area contributed by atoms with E-state index in [1.165, 1.54) is 19.3 Å². The molecule has 0 aromatic carbocycles. The standard InChI is InChI=1S/C11H19N3O/c1-8-3-4-10(9(2)5-8)14-7-12-13-11(14)6-15/h7-10,15H,3-6H2,1-2H3. The molecule has 0 amide bonds. The summed E-state index contributed by atoms with van der Waals surface area (Å²) in [6, 6.07) is 0.471. The molecule has 0 bridgehead atoms. The van der Waals surface area contributed by atoms with Crippen molar-refractivity contribution < 1.29 is 5.11 Å². The maximum Gasteiger partial charge on any atom is 0.158 e. The van der Waals surface area contributed by atoms with Crippen LogP contribution in [0.2, 0.25) is 0 Å². The minimum atomic E-state index is -0.0151. The minimum Gasteiger partial charge on any atom is -0.388 e. The van der Waals surface area contributed by atoms with Gasteiger partial charge in [-0.05, 0) is 31.1 Å². The number of hydrogen-bond donors (Lipinski definition) is 1. The van der Waals surface area contributed by atoms with E-state index in [-0.39, 0.29) is 6.61 Å². The summed E-state index contributed by atoms with van der Waals surface area (Å²) >= 11 is 0. The van der Waals surface area contributed by atoms with E-state index in [1.807, 2.05) is 0 Å². The summed E-state index contributed by atoms with van der Waals surface area (Å²) in [4.78, 5) is 0. The summed E-state index contributed by atoms with van der Waals surface area (Å²) in [7, 11) is 0. The van der Waals surface area contributed by atoms with Crippen molar-refractivity contribution in [2.24, 2.45) is 11.8 Å². The Balaban J connectivity index is 2.16. The van der Waals surface area contributed by atoms with Gasteiger partial charge in [-0.15, -0.1) is 10.2 Å². The lowest BCUT2D eigenvalue weighted by Crippen LogP contribution is -2.25. The molecule has 0 spiro atoms. The van der Waals surface area contributed by atoms with Crippen molar-refractivity contribution in [3.05, 3.63) is 12.2 Å². The molecule has 1 fully saturated rings. The predicted octanol–water partition coefficient (Wildman–Crippen LogP) is 1.77. The van der Waals surface area contributed by atoms with E-state index in [0.29, 0.717) is 17.8 Å². The van der Waals surface area contributed by atoms with Gasteiger partial charge in [-0.3, -0.25) is 0 Å². The van der Waals surface area contributed by atoms with Crippen molar-refractivity contribution in [2.45, 2.75) is 45.8 Å². The molecule has 0 aliphatic heterocycles. The maximum atomic E-state index is 9.15. The Labute approximate surface area is 90.3 Å². The Morgan fingerprint density at radius 1 is 1.47 bits per heavy atom. The van der Waals surface area contributed by atoms with Crippen LogP contribution >= 0.6 is 0 Å². The highest BCUT2D eigenvalue weighted by atomic mass is 16.3. The van der Waals surface area contributed by atoms with Gasteiger partial charge in [0.05, 0.1) is 0 Å². The molecule has 0 radical (unpaired) electrons. The first-order chi connectivity index (χ1) is 7.22. The van der Waals surface area contributed by atoms with Gasteiger partial charge < -0.3 is 9.67 Å². The Bertz CT molecular complexity index is 323. The van der Waals surface area contributed by atoms with Crippen LogP contribution in [0.5, 0.6) is 0 Å². The second kappa shape index (κ2) is 4.31. The summed E-state index contributed by atoms with van der Waals surface area (Å²) in [5, 5.41) is 17.0. The third-order valence-corrected chi connectivity index (χ3v) is 3.53. The van der Waals surface area contributed by atoms with Gasteiger partial charge in [0.1, 0.15) is 12.9 Å². The van der Waals surface area contributed by atoms with Gasteiger partial charge in [0.15, 0.2) is 5.82 Å². The van der Waals surface area contributed by atoms with Gasteiger partial charge in [-0.1, -0.05) is 13.8 Å². The second-order valence-electron chi connectivity index (χ2n) is 4.78. The Kier molecular flexibility index (Phi) is 3.05. The molecule has 1 aromatic heterocycles. The molecule has 84 valence electrons. The molecular formula is C11H19N3O. The predicted molar refractivity (Wildman–Crippen MR) is 57.2 cm³/mol. The van der Waals surface area contributed by atoms with Crippen LogP contribution in [-0.4, -0.2) is 19.9 Å². The zero-order valence-corrected chi connectivity index (χ0v) is 9.43. The second-order valence-corrected chi connectivity index (χ2v) is 4.78. The number of rotatable bonds is 2. The van der Waals surface area contributed by atoms with E-state index >= 15 is 0 Å². The molecule has 0 saturated heterocycles. The molecule has 1 aliphatic rings. The number of aliphatic hydroxyl groups is 1. The first-order valence-corrected chi connectivity index (χ1v) is 5.71. The van der Waals surface area contributed by atoms with Crippen molar-refractivity contribution in [3.63, 3.8) is 0 Å². The molecular weight excluding hydrogens is 190 g/mol. The lowest BCUT2D eigenvalue weighted by Gasteiger charge is -2.33. The Morgan fingerprint density at radius 2 is 2.27 bits per heavy atom. The van der Waals surface area contributed by atoms with Crippen molar-refractivity contribution in [1.29, 1.82) is 0 Å². The third-order valence-electron chi connectivity index (χ3n) is 3.53.